The fraction of sp³-hybridized carbons (Fsp3) is 0.595. The van der Waals surface area contributed by atoms with Gasteiger partial charge in [0.05, 0.1) is 23.5 Å². The van der Waals surface area contributed by atoms with Crippen molar-refractivity contribution in [2.24, 2.45) is 23.0 Å². The number of benzene rings is 2. The summed E-state index contributed by atoms with van der Waals surface area (Å²) in [5.41, 5.74) is 8.70. The van der Waals surface area contributed by atoms with Crippen LogP contribution in [0.1, 0.15) is 87.9 Å². The van der Waals surface area contributed by atoms with Crippen molar-refractivity contribution in [2.45, 2.75) is 95.7 Å². The van der Waals surface area contributed by atoms with Crippen LogP contribution in [0.5, 0.6) is 0 Å². The van der Waals surface area contributed by atoms with Crippen LogP contribution in [0, 0.1) is 17.3 Å². The molecule has 5 rings (SSSR count). The van der Waals surface area contributed by atoms with Crippen molar-refractivity contribution in [2.75, 3.05) is 26.8 Å². The van der Waals surface area contributed by atoms with Crippen molar-refractivity contribution < 1.29 is 19.1 Å². The first kappa shape index (κ1) is 34.4. The van der Waals surface area contributed by atoms with Crippen LogP contribution in [0.3, 0.4) is 0 Å². The molecule has 1 saturated carbocycles. The van der Waals surface area contributed by atoms with Crippen LogP contribution in [0.2, 0.25) is 5.02 Å². The zero-order valence-corrected chi connectivity index (χ0v) is 28.4. The number of amides is 3. The van der Waals surface area contributed by atoms with Gasteiger partial charge in [0.25, 0.3) is 0 Å². The molecule has 1 heterocycles. The van der Waals surface area contributed by atoms with Crippen molar-refractivity contribution in [1.82, 2.24) is 15.5 Å². The standard InChI is InChI=1S/C37H51ClN4O4/c1-36(2,24-46-3)41-35(45)37(27-10-5-4-6-11-27)19-21-42(22-20-37)34(44)31(23-25-13-16-28(38)17-14-25)40-33(43)30-18-15-26-9-7-8-12-29(26)32(30)39/h7-9,12-14,16-17,27,30-32H,4-6,10-11,15,18-24,39H2,1-3H3,(H,40,43)(H,41,45)/t30?,31-,32?/m1/s1. The first-order valence-electron chi connectivity index (χ1n) is 17.0. The molecule has 2 aliphatic carbocycles. The Morgan fingerprint density at radius 3 is 2.37 bits per heavy atom. The van der Waals surface area contributed by atoms with Gasteiger partial charge < -0.3 is 26.0 Å². The maximum atomic E-state index is 14.3. The molecule has 46 heavy (non-hydrogen) atoms. The summed E-state index contributed by atoms with van der Waals surface area (Å²) >= 11 is 6.15. The van der Waals surface area contributed by atoms with E-state index in [1.165, 1.54) is 12.0 Å². The van der Waals surface area contributed by atoms with E-state index >= 15 is 0 Å². The van der Waals surface area contributed by atoms with Crippen LogP contribution in [-0.2, 0) is 32.0 Å². The molecule has 2 unspecified atom stereocenters. The fourth-order valence-corrected chi connectivity index (χ4v) is 8.20. The smallest absolute Gasteiger partial charge is 0.245 e. The van der Waals surface area contributed by atoms with Crippen LogP contribution in [-0.4, -0.2) is 61.0 Å². The summed E-state index contributed by atoms with van der Waals surface area (Å²) in [5, 5.41) is 7.03. The summed E-state index contributed by atoms with van der Waals surface area (Å²) in [6.07, 6.45) is 8.49. The molecule has 2 fully saturated rings. The van der Waals surface area contributed by atoms with E-state index < -0.39 is 29.0 Å². The Morgan fingerprint density at radius 1 is 1.02 bits per heavy atom. The van der Waals surface area contributed by atoms with Gasteiger partial charge in [0, 0.05) is 37.7 Å². The second-order valence-corrected chi connectivity index (χ2v) is 14.8. The minimum absolute atomic E-state index is 0.0751. The van der Waals surface area contributed by atoms with Gasteiger partial charge in [-0.15, -0.1) is 0 Å². The molecular weight excluding hydrogens is 600 g/mol. The molecule has 8 nitrogen and oxygen atoms in total. The number of ether oxygens (including phenoxy) is 1. The van der Waals surface area contributed by atoms with Gasteiger partial charge in [0.15, 0.2) is 0 Å². The number of halogens is 1. The van der Waals surface area contributed by atoms with Crippen LogP contribution in [0.25, 0.3) is 0 Å². The summed E-state index contributed by atoms with van der Waals surface area (Å²) in [7, 11) is 1.65. The maximum absolute atomic E-state index is 14.3. The molecule has 3 amide bonds. The second-order valence-electron chi connectivity index (χ2n) is 14.3. The number of nitrogens with two attached hydrogens (primary N) is 1. The predicted octanol–water partition coefficient (Wildman–Crippen LogP) is 5.36. The summed E-state index contributed by atoms with van der Waals surface area (Å²) in [6.45, 7) is 5.34. The monoisotopic (exact) mass is 650 g/mol. The van der Waals surface area contributed by atoms with E-state index in [1.54, 1.807) is 19.2 Å². The number of nitrogens with one attached hydrogen (secondary N) is 2. The third-order valence-electron chi connectivity index (χ3n) is 10.6. The van der Waals surface area contributed by atoms with E-state index in [4.69, 9.17) is 22.1 Å². The van der Waals surface area contributed by atoms with E-state index in [2.05, 4.69) is 16.7 Å². The van der Waals surface area contributed by atoms with Crippen molar-refractivity contribution in [3.8, 4) is 0 Å². The summed E-state index contributed by atoms with van der Waals surface area (Å²) in [6, 6.07) is 14.2. The third kappa shape index (κ3) is 7.77. The third-order valence-corrected chi connectivity index (χ3v) is 10.9. The van der Waals surface area contributed by atoms with E-state index in [-0.39, 0.29) is 23.6 Å². The lowest BCUT2D eigenvalue weighted by atomic mass is 9.63. The number of carbonyl (C=O) groups is 3. The lowest BCUT2D eigenvalue weighted by Gasteiger charge is -2.48. The molecule has 1 saturated heterocycles. The molecule has 2 aromatic carbocycles. The number of carbonyl (C=O) groups excluding carboxylic acids is 3. The van der Waals surface area contributed by atoms with E-state index in [1.807, 2.05) is 49.1 Å². The second kappa shape index (κ2) is 14.9. The van der Waals surface area contributed by atoms with Gasteiger partial charge in [-0.1, -0.05) is 67.3 Å². The zero-order chi connectivity index (χ0) is 32.9. The number of rotatable bonds is 10. The molecule has 250 valence electrons. The number of fused-ring (bicyclic) bond motifs is 1. The van der Waals surface area contributed by atoms with E-state index in [0.29, 0.717) is 50.4 Å². The minimum Gasteiger partial charge on any atom is -0.382 e. The molecule has 0 spiro atoms. The molecule has 3 aliphatic rings. The number of nitrogens with zero attached hydrogens (tertiary/aromatic N) is 1. The van der Waals surface area contributed by atoms with Crippen molar-refractivity contribution in [3.05, 3.63) is 70.2 Å². The molecule has 0 aromatic heterocycles. The quantitative estimate of drug-likeness (QED) is 0.320. The maximum Gasteiger partial charge on any atom is 0.245 e. The summed E-state index contributed by atoms with van der Waals surface area (Å²) in [4.78, 5) is 44.0. The summed E-state index contributed by atoms with van der Waals surface area (Å²) in [5.74, 6) is -0.369. The zero-order valence-electron chi connectivity index (χ0n) is 27.7. The van der Waals surface area contributed by atoms with Crippen LogP contribution in [0.15, 0.2) is 48.5 Å². The Kier molecular flexibility index (Phi) is 11.1. The largest absolute Gasteiger partial charge is 0.382 e. The number of hydrogen-bond acceptors (Lipinski definition) is 5. The molecule has 0 radical (unpaired) electrons. The van der Waals surface area contributed by atoms with E-state index in [0.717, 1.165) is 43.2 Å². The number of hydrogen-bond donors (Lipinski definition) is 3. The number of piperidine rings is 1. The Balaban J connectivity index is 1.33. The van der Waals surface area contributed by atoms with Gasteiger partial charge in [0.1, 0.15) is 6.04 Å². The molecular formula is C37H51ClN4O4. The average molecular weight is 651 g/mol. The lowest BCUT2D eigenvalue weighted by Crippen LogP contribution is -2.60. The number of likely N-dealkylation sites (tertiary alicyclic amines) is 1. The highest BCUT2D eigenvalue weighted by molar-refractivity contribution is 6.30. The lowest BCUT2D eigenvalue weighted by molar-refractivity contribution is -0.148. The Labute approximate surface area is 279 Å². The van der Waals surface area contributed by atoms with Gasteiger partial charge >= 0.3 is 0 Å². The van der Waals surface area contributed by atoms with Crippen LogP contribution in [0.4, 0.5) is 0 Å². The van der Waals surface area contributed by atoms with Gasteiger partial charge in [-0.3, -0.25) is 14.4 Å². The van der Waals surface area contributed by atoms with Crippen molar-refractivity contribution in [1.29, 1.82) is 0 Å². The Hall–Kier alpha value is -2.94. The molecule has 1 aliphatic heterocycles. The summed E-state index contributed by atoms with van der Waals surface area (Å²) < 4.78 is 5.39. The minimum atomic E-state index is -0.755. The highest BCUT2D eigenvalue weighted by atomic mass is 35.5. The fourth-order valence-electron chi connectivity index (χ4n) is 8.07. The predicted molar refractivity (Wildman–Crippen MR) is 181 cm³/mol. The molecule has 3 atom stereocenters. The van der Waals surface area contributed by atoms with Gasteiger partial charge in [-0.05, 0) is 87.1 Å². The van der Waals surface area contributed by atoms with Crippen LogP contribution >= 0.6 is 11.6 Å². The number of methoxy groups -OCH3 is 1. The molecule has 2 aromatic rings. The highest BCUT2D eigenvalue weighted by Gasteiger charge is 2.49. The van der Waals surface area contributed by atoms with Gasteiger partial charge in [-0.2, -0.15) is 0 Å². The highest BCUT2D eigenvalue weighted by Crippen LogP contribution is 2.46. The first-order valence-corrected chi connectivity index (χ1v) is 17.4. The number of aryl methyl sites for hydroxylation is 1. The SMILES string of the molecule is COCC(C)(C)NC(=O)C1(C2CCCCC2)CCN(C(=O)[C@@H](Cc2ccc(Cl)cc2)NC(=O)C2CCc3ccccc3C2N)CC1. The Bertz CT molecular complexity index is 1370. The molecule has 9 heteroatoms. The topological polar surface area (TPSA) is 114 Å². The van der Waals surface area contributed by atoms with Gasteiger partial charge in [0.2, 0.25) is 17.7 Å². The molecule has 0 bridgehead atoms. The van der Waals surface area contributed by atoms with Gasteiger partial charge in [-0.25, -0.2) is 0 Å². The Morgan fingerprint density at radius 2 is 1.70 bits per heavy atom. The normalized spacial score (nSPS) is 22.4. The van der Waals surface area contributed by atoms with Crippen molar-refractivity contribution in [3.63, 3.8) is 0 Å². The van der Waals surface area contributed by atoms with Crippen molar-refractivity contribution >= 4 is 29.3 Å². The first-order chi connectivity index (χ1) is 22.0. The van der Waals surface area contributed by atoms with Crippen LogP contribution < -0.4 is 16.4 Å². The average Bonchev–Trinajstić information content (AvgIpc) is 3.05. The van der Waals surface area contributed by atoms with E-state index in [9.17, 15) is 14.4 Å². The molecule has 4 N–H and O–H groups in total.